The van der Waals surface area contributed by atoms with Crippen LogP contribution in [0.4, 0.5) is 23.2 Å². The van der Waals surface area contributed by atoms with Crippen LogP contribution in [0.3, 0.4) is 0 Å². The lowest BCUT2D eigenvalue weighted by molar-refractivity contribution is -0.260. The van der Waals surface area contributed by atoms with E-state index in [4.69, 9.17) is 35.3 Å². The van der Waals surface area contributed by atoms with Crippen molar-refractivity contribution in [3.63, 3.8) is 0 Å². The summed E-state index contributed by atoms with van der Waals surface area (Å²) < 4.78 is 91.5. The Morgan fingerprint density at radius 2 is 1.34 bits per heavy atom. The van der Waals surface area contributed by atoms with Crippen LogP contribution in [0.5, 0.6) is 5.75 Å². The van der Waals surface area contributed by atoms with Crippen molar-refractivity contribution in [2.75, 3.05) is 18.6 Å². The maximum Gasteiger partial charge on any atom is 0.416 e. The number of aliphatic hydroxyl groups excluding tert-OH is 1. The van der Waals surface area contributed by atoms with Gasteiger partial charge >= 0.3 is 6.18 Å². The zero-order chi connectivity index (χ0) is 39.5. The van der Waals surface area contributed by atoms with Crippen molar-refractivity contribution >= 4 is 23.2 Å². The van der Waals surface area contributed by atoms with Gasteiger partial charge in [0.25, 0.3) is 5.91 Å². The number of halogens is 5. The highest BCUT2D eigenvalue weighted by Crippen LogP contribution is 2.53. The highest BCUT2D eigenvalue weighted by molar-refractivity contribution is 6.30. The number of carbonyl (C=O) groups is 1. The van der Waals surface area contributed by atoms with E-state index in [2.05, 4.69) is 0 Å². The number of fused-ring (bicyclic) bond motifs is 1. The molecule has 0 bridgehead atoms. The summed E-state index contributed by atoms with van der Waals surface area (Å²) in [6, 6.07) is 33.9. The summed E-state index contributed by atoms with van der Waals surface area (Å²) in [5.41, 5.74) is -3.09. The summed E-state index contributed by atoms with van der Waals surface area (Å²) in [5.74, 6) is -1.40. The van der Waals surface area contributed by atoms with Gasteiger partial charge in [0.1, 0.15) is 30.2 Å². The van der Waals surface area contributed by atoms with Gasteiger partial charge in [-0.15, -0.1) is 0 Å². The number of anilines is 1. The fourth-order valence-corrected chi connectivity index (χ4v) is 7.27. The van der Waals surface area contributed by atoms with Gasteiger partial charge in [-0.3, -0.25) is 9.69 Å². The normalized spacial score (nSPS) is 23.6. The SMILES string of the molecule is COc1ccc(Cl)cc1C1(F)C(=O)N([C@@H]2O[C@H](COCc3ccccc3)[C@@H](OCc3ccccc3)[C@H](OCc3ccccc3)[C@H]2O)c2cc(C(F)(F)F)ccc21. The van der Waals surface area contributed by atoms with E-state index >= 15 is 4.39 Å². The molecule has 0 radical (unpaired) electrons. The first-order valence-corrected chi connectivity index (χ1v) is 18.2. The second kappa shape index (κ2) is 16.7. The van der Waals surface area contributed by atoms with E-state index in [0.29, 0.717) is 12.1 Å². The molecule has 2 aliphatic heterocycles. The van der Waals surface area contributed by atoms with Crippen molar-refractivity contribution < 1.29 is 51.1 Å². The number of hydrogen-bond donors (Lipinski definition) is 1. The van der Waals surface area contributed by atoms with Crippen LogP contribution in [0, 0.1) is 0 Å². The molecule has 0 aromatic heterocycles. The lowest BCUT2D eigenvalue weighted by atomic mass is 9.88. The minimum atomic E-state index is -4.86. The van der Waals surface area contributed by atoms with Crippen LogP contribution >= 0.6 is 11.6 Å². The Morgan fingerprint density at radius 3 is 1.91 bits per heavy atom. The number of benzene rings is 5. The van der Waals surface area contributed by atoms with Crippen molar-refractivity contribution in [1.82, 2.24) is 0 Å². The van der Waals surface area contributed by atoms with Gasteiger partial charge < -0.3 is 28.8 Å². The van der Waals surface area contributed by atoms with E-state index in [-0.39, 0.29) is 42.8 Å². The monoisotopic (exact) mass is 791 g/mol. The Balaban J connectivity index is 1.32. The molecule has 1 amide bonds. The average molecular weight is 792 g/mol. The van der Waals surface area contributed by atoms with E-state index in [1.54, 1.807) is 0 Å². The van der Waals surface area contributed by atoms with Crippen molar-refractivity contribution in [2.24, 2.45) is 0 Å². The summed E-state index contributed by atoms with van der Waals surface area (Å²) in [7, 11) is 1.26. The summed E-state index contributed by atoms with van der Waals surface area (Å²) in [4.78, 5) is 15.5. The lowest BCUT2D eigenvalue weighted by Gasteiger charge is -2.47. The number of aliphatic hydroxyl groups is 1. The molecule has 13 heteroatoms. The molecule has 56 heavy (non-hydrogen) atoms. The van der Waals surface area contributed by atoms with E-state index in [1.807, 2.05) is 91.0 Å². The molecule has 2 aliphatic rings. The van der Waals surface area contributed by atoms with Crippen molar-refractivity contribution in [3.05, 3.63) is 166 Å². The number of rotatable bonds is 13. The number of methoxy groups -OCH3 is 1. The maximum atomic E-state index is 17.9. The van der Waals surface area contributed by atoms with E-state index in [1.165, 1.54) is 25.3 Å². The second-order valence-corrected chi connectivity index (χ2v) is 13.9. The second-order valence-electron chi connectivity index (χ2n) is 13.5. The maximum absolute atomic E-state index is 17.9. The highest BCUT2D eigenvalue weighted by Gasteiger charge is 2.60. The highest BCUT2D eigenvalue weighted by atomic mass is 35.5. The quantitative estimate of drug-likeness (QED) is 0.120. The molecule has 1 N–H and O–H groups in total. The van der Waals surface area contributed by atoms with Crippen LogP contribution < -0.4 is 9.64 Å². The Labute approximate surface area is 326 Å². The molecule has 1 fully saturated rings. The van der Waals surface area contributed by atoms with E-state index in [0.717, 1.165) is 27.7 Å². The number of amides is 1. The van der Waals surface area contributed by atoms with Crippen molar-refractivity contribution in [3.8, 4) is 5.75 Å². The topological polar surface area (TPSA) is 86.7 Å². The first-order chi connectivity index (χ1) is 27.0. The molecule has 1 unspecified atom stereocenters. The molecule has 292 valence electrons. The fourth-order valence-electron chi connectivity index (χ4n) is 7.10. The zero-order valence-corrected chi connectivity index (χ0v) is 30.8. The van der Waals surface area contributed by atoms with Crippen LogP contribution in [0.15, 0.2) is 127 Å². The molecule has 8 nitrogen and oxygen atoms in total. The lowest BCUT2D eigenvalue weighted by Crippen LogP contribution is -2.65. The van der Waals surface area contributed by atoms with Crippen molar-refractivity contribution in [1.29, 1.82) is 0 Å². The smallest absolute Gasteiger partial charge is 0.416 e. The number of hydrogen-bond acceptors (Lipinski definition) is 7. The van der Waals surface area contributed by atoms with Crippen molar-refractivity contribution in [2.45, 2.75) is 62.3 Å². The molecule has 5 aromatic carbocycles. The van der Waals surface area contributed by atoms with Crippen LogP contribution in [0.1, 0.15) is 33.4 Å². The third kappa shape index (κ3) is 8.04. The number of nitrogens with zero attached hydrogens (tertiary/aromatic N) is 1. The predicted molar refractivity (Wildman–Crippen MR) is 200 cm³/mol. The molecule has 2 heterocycles. The van der Waals surface area contributed by atoms with Gasteiger partial charge in [0, 0.05) is 16.1 Å². The fraction of sp³-hybridized carbons (Fsp3) is 0.279. The van der Waals surface area contributed by atoms with Gasteiger partial charge in [-0.1, -0.05) is 109 Å². The molecule has 6 atom stereocenters. The Hall–Kier alpha value is -4.82. The minimum Gasteiger partial charge on any atom is -0.496 e. The standard InChI is InChI=1S/C43H38ClF4NO7/c1-52-35-20-18-31(44)22-33(35)42(45)32-19-17-30(43(46,47)48)21-34(32)49(41(42)51)40-37(50)39(55-25-29-15-9-4-10-16-29)38(54-24-28-13-7-3-8-14-28)36(56-40)26-53-23-27-11-5-2-6-12-27/h2-22,36-40,50H,23-26H2,1H3/t36-,37-,38-,39-,40-,42?/m1/s1. The largest absolute Gasteiger partial charge is 0.496 e. The molecular formula is C43H38ClF4NO7. The number of alkyl halides is 4. The van der Waals surface area contributed by atoms with E-state index in [9.17, 15) is 23.1 Å². The van der Waals surface area contributed by atoms with Gasteiger partial charge in [-0.2, -0.15) is 13.2 Å². The minimum absolute atomic E-state index is 0.0202. The molecule has 7 rings (SSSR count). The van der Waals surface area contributed by atoms with Crippen LogP contribution in [0.25, 0.3) is 0 Å². The molecule has 5 aromatic rings. The molecule has 0 saturated carbocycles. The first kappa shape index (κ1) is 39.4. The Kier molecular flexibility index (Phi) is 11.8. The molecular weight excluding hydrogens is 754 g/mol. The van der Waals surface area contributed by atoms with Gasteiger partial charge in [0.15, 0.2) is 6.23 Å². The average Bonchev–Trinajstić information content (AvgIpc) is 3.43. The number of carbonyl (C=O) groups excluding carboxylic acids is 1. The summed E-state index contributed by atoms with van der Waals surface area (Å²) >= 11 is 6.28. The molecule has 1 saturated heterocycles. The summed E-state index contributed by atoms with van der Waals surface area (Å²) in [5, 5.41) is 12.3. The number of ether oxygens (including phenoxy) is 5. The Morgan fingerprint density at radius 1 is 0.768 bits per heavy atom. The van der Waals surface area contributed by atoms with E-state index < -0.39 is 65.2 Å². The van der Waals surface area contributed by atoms with Gasteiger partial charge in [-0.25, -0.2) is 4.39 Å². The third-order valence-electron chi connectivity index (χ3n) is 9.85. The van der Waals surface area contributed by atoms with Gasteiger partial charge in [0.2, 0.25) is 5.67 Å². The predicted octanol–water partition coefficient (Wildman–Crippen LogP) is 8.40. The molecule has 0 aliphatic carbocycles. The van der Waals surface area contributed by atoms with Crippen LogP contribution in [0.2, 0.25) is 5.02 Å². The van der Waals surface area contributed by atoms with Crippen LogP contribution in [-0.4, -0.2) is 55.4 Å². The third-order valence-corrected chi connectivity index (χ3v) is 10.1. The zero-order valence-electron chi connectivity index (χ0n) is 30.1. The molecule has 0 spiro atoms. The van der Waals surface area contributed by atoms with Gasteiger partial charge in [0.05, 0.1) is 44.8 Å². The summed E-state index contributed by atoms with van der Waals surface area (Å²) in [6.07, 6.45) is -11.8. The Bertz CT molecular complexity index is 2110. The van der Waals surface area contributed by atoms with Gasteiger partial charge in [-0.05, 0) is 47.0 Å². The first-order valence-electron chi connectivity index (χ1n) is 17.8. The summed E-state index contributed by atoms with van der Waals surface area (Å²) in [6.45, 7) is 0.0311. The van der Waals surface area contributed by atoms with Crippen LogP contribution in [-0.2, 0) is 55.4 Å².